The third-order valence-electron chi connectivity index (χ3n) is 2.63. The summed E-state index contributed by atoms with van der Waals surface area (Å²) in [6.45, 7) is 3.77. The number of hydrogen-bond donors (Lipinski definition) is 2. The van der Waals surface area contributed by atoms with Gasteiger partial charge in [-0.3, -0.25) is 4.79 Å². The number of rotatable bonds is 3. The van der Waals surface area contributed by atoms with Crippen molar-refractivity contribution in [3.63, 3.8) is 0 Å². The summed E-state index contributed by atoms with van der Waals surface area (Å²) in [6.07, 6.45) is 0.278. The third kappa shape index (κ3) is 5.93. The molecular formula is C15H19NO4S. The second-order valence-corrected chi connectivity index (χ2v) is 6.61. The molecule has 2 aromatic rings. The maximum absolute atomic E-state index is 11.1. The highest BCUT2D eigenvalue weighted by Gasteiger charge is 2.07. The monoisotopic (exact) mass is 309 g/mol. The van der Waals surface area contributed by atoms with Crippen LogP contribution in [0.3, 0.4) is 0 Å². The minimum atomic E-state index is -3.59. The number of sulfonamides is 1. The second-order valence-electron chi connectivity index (χ2n) is 5.05. The van der Waals surface area contributed by atoms with E-state index in [0.29, 0.717) is 0 Å². The van der Waals surface area contributed by atoms with Gasteiger partial charge in [0.05, 0.1) is 4.90 Å². The van der Waals surface area contributed by atoms with Crippen LogP contribution in [0.4, 0.5) is 0 Å². The Hall–Kier alpha value is -1.92. The van der Waals surface area contributed by atoms with E-state index in [0.717, 1.165) is 10.8 Å². The first-order valence-corrected chi connectivity index (χ1v) is 7.98. The summed E-state index contributed by atoms with van der Waals surface area (Å²) in [4.78, 5) is 9.96. The van der Waals surface area contributed by atoms with Crippen molar-refractivity contribution in [1.29, 1.82) is 0 Å². The lowest BCUT2D eigenvalue weighted by Crippen LogP contribution is -2.11. The summed E-state index contributed by atoms with van der Waals surface area (Å²) in [6, 6.07) is 12.4. The van der Waals surface area contributed by atoms with Crippen LogP contribution < -0.4 is 5.14 Å². The molecule has 0 aliphatic rings. The number of fused-ring (bicyclic) bond motifs is 1. The smallest absolute Gasteiger partial charge is 0.303 e. The summed E-state index contributed by atoms with van der Waals surface area (Å²) in [5.74, 6) is -0.438. The van der Waals surface area contributed by atoms with Gasteiger partial charge in [-0.15, -0.1) is 0 Å². The SMILES string of the molecule is CC(C)CC(=O)O.NS(=O)(=O)c1ccc2ccccc2c1. The molecule has 0 saturated carbocycles. The number of carbonyl (C=O) groups is 1. The minimum absolute atomic E-state index is 0.149. The fourth-order valence-electron chi connectivity index (χ4n) is 1.69. The van der Waals surface area contributed by atoms with Crippen molar-refractivity contribution < 1.29 is 18.3 Å². The van der Waals surface area contributed by atoms with Crippen LogP contribution in [-0.2, 0) is 14.8 Å². The maximum atomic E-state index is 11.1. The van der Waals surface area contributed by atoms with Gasteiger partial charge >= 0.3 is 5.97 Å². The standard InChI is InChI=1S/C10H9NO2S.C5H10O2/c11-14(12,13)10-6-5-8-3-1-2-4-9(8)7-10;1-4(2)3-5(6)7/h1-7H,(H2,11,12,13);4H,3H2,1-2H3,(H,6,7). The van der Waals surface area contributed by atoms with E-state index >= 15 is 0 Å². The van der Waals surface area contributed by atoms with Crippen molar-refractivity contribution in [3.8, 4) is 0 Å². The van der Waals surface area contributed by atoms with Crippen molar-refractivity contribution in [1.82, 2.24) is 0 Å². The molecule has 0 radical (unpaired) electrons. The van der Waals surface area contributed by atoms with Gasteiger partial charge in [-0.05, 0) is 28.8 Å². The number of primary sulfonamides is 1. The average Bonchev–Trinajstić information content (AvgIpc) is 2.36. The summed E-state index contributed by atoms with van der Waals surface area (Å²) >= 11 is 0. The Labute approximate surface area is 124 Å². The van der Waals surface area contributed by atoms with Crippen LogP contribution in [0.2, 0.25) is 0 Å². The molecule has 0 atom stereocenters. The van der Waals surface area contributed by atoms with Gasteiger partial charge in [0.2, 0.25) is 10.0 Å². The summed E-state index contributed by atoms with van der Waals surface area (Å²) in [5, 5.41) is 15.0. The molecule has 0 heterocycles. The number of carboxylic acid groups (broad SMARTS) is 1. The van der Waals surface area contributed by atoms with Gasteiger partial charge in [-0.25, -0.2) is 13.6 Å². The lowest BCUT2D eigenvalue weighted by molar-refractivity contribution is -0.137. The minimum Gasteiger partial charge on any atom is -0.481 e. The first-order chi connectivity index (χ1) is 9.70. The highest BCUT2D eigenvalue weighted by atomic mass is 32.2. The molecule has 6 heteroatoms. The van der Waals surface area contributed by atoms with Gasteiger partial charge in [-0.1, -0.05) is 44.2 Å². The van der Waals surface area contributed by atoms with E-state index in [1.165, 1.54) is 6.07 Å². The van der Waals surface area contributed by atoms with Crippen molar-refractivity contribution in [2.75, 3.05) is 0 Å². The molecule has 0 amide bonds. The zero-order valence-corrected chi connectivity index (χ0v) is 12.8. The molecule has 0 unspecified atom stereocenters. The van der Waals surface area contributed by atoms with E-state index in [9.17, 15) is 13.2 Å². The maximum Gasteiger partial charge on any atom is 0.303 e. The van der Waals surface area contributed by atoms with Gasteiger partial charge in [0.1, 0.15) is 0 Å². The zero-order valence-electron chi connectivity index (χ0n) is 12.0. The predicted octanol–water partition coefficient (Wildman–Crippen LogP) is 2.60. The highest BCUT2D eigenvalue weighted by molar-refractivity contribution is 7.89. The van der Waals surface area contributed by atoms with Crippen LogP contribution in [-0.4, -0.2) is 19.5 Å². The second kappa shape index (κ2) is 7.19. The van der Waals surface area contributed by atoms with Gasteiger partial charge in [0, 0.05) is 6.42 Å². The molecular weight excluding hydrogens is 290 g/mol. The molecule has 3 N–H and O–H groups in total. The van der Waals surface area contributed by atoms with Crippen LogP contribution in [0.5, 0.6) is 0 Å². The number of carboxylic acids is 1. The lowest BCUT2D eigenvalue weighted by atomic mass is 10.1. The van der Waals surface area contributed by atoms with Gasteiger partial charge < -0.3 is 5.11 Å². The topological polar surface area (TPSA) is 97.5 Å². The van der Waals surface area contributed by atoms with Gasteiger partial charge in [0.15, 0.2) is 0 Å². The van der Waals surface area contributed by atoms with Crippen LogP contribution in [0, 0.1) is 5.92 Å². The zero-order chi connectivity index (χ0) is 16.0. The van der Waals surface area contributed by atoms with Crippen molar-refractivity contribution in [2.45, 2.75) is 25.2 Å². The van der Waals surface area contributed by atoms with E-state index in [1.54, 1.807) is 12.1 Å². The van der Waals surface area contributed by atoms with Crippen molar-refractivity contribution >= 4 is 26.8 Å². The largest absolute Gasteiger partial charge is 0.481 e. The number of hydrogen-bond acceptors (Lipinski definition) is 3. The summed E-state index contributed by atoms with van der Waals surface area (Å²) < 4.78 is 22.1. The Morgan fingerprint density at radius 2 is 1.71 bits per heavy atom. The average molecular weight is 309 g/mol. The van der Waals surface area contributed by atoms with E-state index < -0.39 is 16.0 Å². The molecule has 0 aromatic heterocycles. The van der Waals surface area contributed by atoms with Gasteiger partial charge in [0.25, 0.3) is 0 Å². The first kappa shape index (κ1) is 17.1. The van der Waals surface area contributed by atoms with Crippen LogP contribution in [0.25, 0.3) is 10.8 Å². The van der Waals surface area contributed by atoms with E-state index in [2.05, 4.69) is 0 Å². The normalized spacial score (nSPS) is 11.0. The van der Waals surface area contributed by atoms with Crippen molar-refractivity contribution in [3.05, 3.63) is 42.5 Å². The quantitative estimate of drug-likeness (QED) is 0.910. The Kier molecular flexibility index (Phi) is 5.87. The molecule has 0 spiro atoms. The van der Waals surface area contributed by atoms with E-state index in [1.807, 2.05) is 38.1 Å². The Morgan fingerprint density at radius 1 is 1.14 bits per heavy atom. The van der Waals surface area contributed by atoms with Crippen LogP contribution in [0.15, 0.2) is 47.4 Å². The first-order valence-electron chi connectivity index (χ1n) is 6.43. The Morgan fingerprint density at radius 3 is 2.14 bits per heavy atom. The number of nitrogens with two attached hydrogens (primary N) is 1. The van der Waals surface area contributed by atoms with Crippen LogP contribution in [0.1, 0.15) is 20.3 Å². The fourth-order valence-corrected chi connectivity index (χ4v) is 2.24. The molecule has 0 aliphatic carbocycles. The molecule has 0 aliphatic heterocycles. The molecule has 2 rings (SSSR count). The molecule has 0 fully saturated rings. The van der Waals surface area contributed by atoms with Gasteiger partial charge in [-0.2, -0.15) is 0 Å². The highest BCUT2D eigenvalue weighted by Crippen LogP contribution is 2.17. The Balaban J connectivity index is 0.000000270. The van der Waals surface area contributed by atoms with E-state index in [-0.39, 0.29) is 17.2 Å². The Bertz CT molecular complexity index is 723. The van der Waals surface area contributed by atoms with E-state index in [4.69, 9.17) is 10.2 Å². The molecule has 114 valence electrons. The third-order valence-corrected chi connectivity index (χ3v) is 3.54. The molecule has 5 nitrogen and oxygen atoms in total. The number of benzene rings is 2. The number of aliphatic carboxylic acids is 1. The summed E-state index contributed by atoms with van der Waals surface area (Å²) in [5.41, 5.74) is 0. The lowest BCUT2D eigenvalue weighted by Gasteiger charge is -2.00. The summed E-state index contributed by atoms with van der Waals surface area (Å²) in [7, 11) is -3.59. The fraction of sp³-hybridized carbons (Fsp3) is 0.267. The van der Waals surface area contributed by atoms with Crippen LogP contribution >= 0.6 is 0 Å². The molecule has 21 heavy (non-hydrogen) atoms. The van der Waals surface area contributed by atoms with Crippen molar-refractivity contribution in [2.24, 2.45) is 11.1 Å². The molecule has 0 saturated heterocycles. The molecule has 2 aromatic carbocycles. The predicted molar refractivity (Wildman–Crippen MR) is 82.4 cm³/mol. The molecule has 0 bridgehead atoms.